The van der Waals surface area contributed by atoms with Gasteiger partial charge >= 0.3 is 0 Å². The Kier molecular flexibility index (Phi) is 4.66. The first kappa shape index (κ1) is 16.0. The Labute approximate surface area is 139 Å². The largest absolute Gasteiger partial charge is 0.329 e. The van der Waals surface area contributed by atoms with Gasteiger partial charge in [-0.2, -0.15) is 0 Å². The highest BCUT2D eigenvalue weighted by Crippen LogP contribution is 2.32. The number of hydrogen-bond acceptors (Lipinski definition) is 6. The minimum Gasteiger partial charge on any atom is -0.329 e. The van der Waals surface area contributed by atoms with E-state index in [0.717, 1.165) is 27.9 Å². The molecule has 0 aromatic carbocycles. The number of nitrogens with two attached hydrogens (primary N) is 2. The maximum atomic E-state index is 6.24. The lowest BCUT2D eigenvalue weighted by molar-refractivity contribution is 0.649. The minimum atomic E-state index is -0.290. The van der Waals surface area contributed by atoms with Crippen LogP contribution in [-0.4, -0.2) is 21.5 Å². The van der Waals surface area contributed by atoms with Gasteiger partial charge in [0.1, 0.15) is 4.83 Å². The zero-order chi connectivity index (χ0) is 16.4. The van der Waals surface area contributed by atoms with Crippen molar-refractivity contribution in [3.05, 3.63) is 41.2 Å². The van der Waals surface area contributed by atoms with Gasteiger partial charge in [0.2, 0.25) is 0 Å². The van der Waals surface area contributed by atoms with Crippen LogP contribution in [0.15, 0.2) is 29.9 Å². The molecule has 0 aliphatic rings. The zero-order valence-electron chi connectivity index (χ0n) is 13.4. The van der Waals surface area contributed by atoms with Crippen molar-refractivity contribution in [2.24, 2.45) is 17.4 Å². The summed E-state index contributed by atoms with van der Waals surface area (Å²) in [5.74, 6) is 1.24. The van der Waals surface area contributed by atoms with Crippen LogP contribution in [0.5, 0.6) is 0 Å². The molecule has 0 saturated heterocycles. The molecule has 5 nitrogen and oxygen atoms in total. The molecule has 1 atom stereocenters. The standard InChI is InChI=1S/C17H21N5S/c1-10(2)7-12-9-23-17-14(12)15(13(19)8-18)21-16(22-17)11-3-5-20-6-4-11/h3-6,9-10,13H,7-8,18-19H2,1-2H3. The quantitative estimate of drug-likeness (QED) is 0.752. The molecule has 4 N–H and O–H groups in total. The average Bonchev–Trinajstić information content (AvgIpc) is 2.96. The summed E-state index contributed by atoms with van der Waals surface area (Å²) >= 11 is 1.64. The smallest absolute Gasteiger partial charge is 0.161 e. The molecule has 0 radical (unpaired) electrons. The molecule has 0 aliphatic heterocycles. The first-order valence-electron chi connectivity index (χ1n) is 7.74. The molecule has 23 heavy (non-hydrogen) atoms. The number of pyridine rings is 1. The lowest BCUT2D eigenvalue weighted by atomic mass is 10.00. The molecule has 3 heterocycles. The Morgan fingerprint density at radius 2 is 1.91 bits per heavy atom. The third-order valence-corrected chi connectivity index (χ3v) is 4.63. The molecule has 6 heteroatoms. The van der Waals surface area contributed by atoms with Crippen LogP contribution in [0.3, 0.4) is 0 Å². The highest BCUT2D eigenvalue weighted by molar-refractivity contribution is 7.17. The van der Waals surface area contributed by atoms with Crippen LogP contribution < -0.4 is 11.5 Å². The number of hydrogen-bond donors (Lipinski definition) is 2. The Morgan fingerprint density at radius 1 is 1.17 bits per heavy atom. The number of thiophene rings is 1. The molecule has 0 saturated carbocycles. The molecule has 3 aromatic rings. The van der Waals surface area contributed by atoms with E-state index in [1.807, 2.05) is 12.1 Å². The van der Waals surface area contributed by atoms with Gasteiger partial charge in [-0.3, -0.25) is 4.98 Å². The Balaban J connectivity index is 2.20. The number of fused-ring (bicyclic) bond motifs is 1. The summed E-state index contributed by atoms with van der Waals surface area (Å²) in [7, 11) is 0. The van der Waals surface area contributed by atoms with Gasteiger partial charge in [0.05, 0.1) is 11.7 Å². The van der Waals surface area contributed by atoms with Crippen LogP contribution in [0.2, 0.25) is 0 Å². The summed E-state index contributed by atoms with van der Waals surface area (Å²) in [6.07, 6.45) is 4.47. The van der Waals surface area contributed by atoms with Crippen molar-refractivity contribution in [3.63, 3.8) is 0 Å². The van der Waals surface area contributed by atoms with Gasteiger partial charge < -0.3 is 11.5 Å². The number of rotatable bonds is 5. The fraction of sp³-hybridized carbons (Fsp3) is 0.353. The van der Waals surface area contributed by atoms with E-state index in [-0.39, 0.29) is 6.04 Å². The molecule has 0 bridgehead atoms. The molecule has 0 fully saturated rings. The zero-order valence-corrected chi connectivity index (χ0v) is 14.2. The third-order valence-electron chi connectivity index (χ3n) is 3.71. The highest BCUT2D eigenvalue weighted by Gasteiger charge is 2.19. The molecule has 1 unspecified atom stereocenters. The van der Waals surface area contributed by atoms with E-state index in [2.05, 4.69) is 24.2 Å². The second kappa shape index (κ2) is 6.70. The van der Waals surface area contributed by atoms with Crippen molar-refractivity contribution < 1.29 is 0 Å². The van der Waals surface area contributed by atoms with Crippen LogP contribution in [0.25, 0.3) is 21.6 Å². The Morgan fingerprint density at radius 3 is 2.57 bits per heavy atom. The first-order valence-corrected chi connectivity index (χ1v) is 8.62. The highest BCUT2D eigenvalue weighted by atomic mass is 32.1. The van der Waals surface area contributed by atoms with Gasteiger partial charge in [-0.15, -0.1) is 11.3 Å². The van der Waals surface area contributed by atoms with Gasteiger partial charge in [0, 0.05) is 29.9 Å². The average molecular weight is 327 g/mol. The lowest BCUT2D eigenvalue weighted by Crippen LogP contribution is -2.22. The van der Waals surface area contributed by atoms with Crippen molar-refractivity contribution >= 4 is 21.6 Å². The van der Waals surface area contributed by atoms with E-state index in [1.54, 1.807) is 23.7 Å². The van der Waals surface area contributed by atoms with Crippen molar-refractivity contribution in [2.45, 2.75) is 26.3 Å². The summed E-state index contributed by atoms with van der Waals surface area (Å²) in [4.78, 5) is 14.5. The predicted octanol–water partition coefficient (Wildman–Crippen LogP) is 2.91. The normalized spacial score (nSPS) is 12.9. The third kappa shape index (κ3) is 3.24. The monoisotopic (exact) mass is 327 g/mol. The summed E-state index contributed by atoms with van der Waals surface area (Å²) in [5.41, 5.74) is 15.1. The maximum Gasteiger partial charge on any atom is 0.161 e. The molecular weight excluding hydrogens is 306 g/mol. The molecule has 0 aliphatic carbocycles. The van der Waals surface area contributed by atoms with Crippen molar-refractivity contribution in [1.82, 2.24) is 15.0 Å². The SMILES string of the molecule is CC(C)Cc1csc2nc(-c3ccncc3)nc(C(N)CN)c12. The van der Waals surface area contributed by atoms with Crippen LogP contribution in [-0.2, 0) is 6.42 Å². The predicted molar refractivity (Wildman–Crippen MR) is 95.2 cm³/mol. The molecule has 120 valence electrons. The van der Waals surface area contributed by atoms with Crippen LogP contribution in [0.4, 0.5) is 0 Å². The van der Waals surface area contributed by atoms with Crippen molar-refractivity contribution in [1.29, 1.82) is 0 Å². The fourth-order valence-corrected chi connectivity index (χ4v) is 3.59. The van der Waals surface area contributed by atoms with Crippen LogP contribution in [0.1, 0.15) is 31.1 Å². The molecule has 0 spiro atoms. The topological polar surface area (TPSA) is 90.7 Å². The summed E-state index contributed by atoms with van der Waals surface area (Å²) in [6, 6.07) is 3.52. The molecule has 3 rings (SSSR count). The van der Waals surface area contributed by atoms with Crippen molar-refractivity contribution in [3.8, 4) is 11.4 Å². The second-order valence-electron chi connectivity index (χ2n) is 6.05. The fourth-order valence-electron chi connectivity index (χ4n) is 2.63. The van der Waals surface area contributed by atoms with Gasteiger partial charge in [0.15, 0.2) is 5.82 Å². The molecule has 0 amide bonds. The van der Waals surface area contributed by atoms with E-state index in [9.17, 15) is 0 Å². The minimum absolute atomic E-state index is 0.290. The van der Waals surface area contributed by atoms with E-state index >= 15 is 0 Å². The van der Waals surface area contributed by atoms with E-state index in [1.165, 1.54) is 5.56 Å². The first-order chi connectivity index (χ1) is 11.1. The number of nitrogens with zero attached hydrogens (tertiary/aromatic N) is 3. The van der Waals surface area contributed by atoms with E-state index < -0.39 is 0 Å². The second-order valence-corrected chi connectivity index (χ2v) is 6.91. The van der Waals surface area contributed by atoms with Gasteiger partial charge in [-0.05, 0) is 35.4 Å². The molecule has 3 aromatic heterocycles. The van der Waals surface area contributed by atoms with E-state index in [4.69, 9.17) is 21.4 Å². The van der Waals surface area contributed by atoms with Gasteiger partial charge in [0.25, 0.3) is 0 Å². The van der Waals surface area contributed by atoms with Crippen molar-refractivity contribution in [2.75, 3.05) is 6.54 Å². The Bertz CT molecular complexity index is 797. The summed E-state index contributed by atoms with van der Waals surface area (Å²) in [6.45, 7) is 4.77. The lowest BCUT2D eigenvalue weighted by Gasteiger charge is -2.13. The maximum absolute atomic E-state index is 6.24. The van der Waals surface area contributed by atoms with E-state index in [0.29, 0.717) is 18.3 Å². The van der Waals surface area contributed by atoms with Gasteiger partial charge in [-0.25, -0.2) is 9.97 Å². The summed E-state index contributed by atoms with van der Waals surface area (Å²) in [5, 5.41) is 3.25. The van der Waals surface area contributed by atoms with Gasteiger partial charge in [-0.1, -0.05) is 13.8 Å². The number of aromatic nitrogens is 3. The van der Waals surface area contributed by atoms with Crippen LogP contribution >= 0.6 is 11.3 Å². The van der Waals surface area contributed by atoms with Crippen LogP contribution in [0, 0.1) is 5.92 Å². The molecular formula is C17H21N5S. The summed E-state index contributed by atoms with van der Waals surface area (Å²) < 4.78 is 0. The Hall–Kier alpha value is -1.89.